The average Bonchev–Trinajstić information content (AvgIpc) is 3.00. The topological polar surface area (TPSA) is 67.2 Å². The van der Waals surface area contributed by atoms with Crippen LogP contribution in [0, 0.1) is 5.92 Å². The minimum absolute atomic E-state index is 0.0145. The van der Waals surface area contributed by atoms with E-state index >= 15 is 0 Å². The highest BCUT2D eigenvalue weighted by atomic mass is 16.3. The fourth-order valence-electron chi connectivity index (χ4n) is 3.50. The average molecular weight is 335 g/mol. The normalized spacial score (nSPS) is 20.5. The van der Waals surface area contributed by atoms with E-state index in [0.717, 1.165) is 29.6 Å². The number of imidazole rings is 1. The zero-order chi connectivity index (χ0) is 17.2. The minimum Gasteiger partial charge on any atom is -0.393 e. The van der Waals surface area contributed by atoms with Gasteiger partial charge in [0.15, 0.2) is 0 Å². The molecule has 1 heterocycles. The lowest BCUT2D eigenvalue weighted by Gasteiger charge is -2.24. The van der Waals surface area contributed by atoms with Crippen molar-refractivity contribution in [3.63, 3.8) is 0 Å². The Kier molecular flexibility index (Phi) is 4.24. The predicted octanol–water partition coefficient (Wildman–Crippen LogP) is 3.52. The number of carbonyl (C=O) groups excluding carboxylic acids is 1. The van der Waals surface area contributed by atoms with Gasteiger partial charge in [0.2, 0.25) is 11.9 Å². The molecule has 4 rings (SSSR count). The van der Waals surface area contributed by atoms with E-state index in [4.69, 9.17) is 0 Å². The summed E-state index contributed by atoms with van der Waals surface area (Å²) in [6.07, 6.45) is 2.55. The second-order valence-corrected chi connectivity index (χ2v) is 6.59. The van der Waals surface area contributed by atoms with Gasteiger partial charge in [0.25, 0.3) is 0 Å². The number of benzene rings is 2. The summed E-state index contributed by atoms with van der Waals surface area (Å²) in [4.78, 5) is 17.3. The number of nitrogens with zero attached hydrogens (tertiary/aromatic N) is 2. The van der Waals surface area contributed by atoms with Crippen LogP contribution in [0.25, 0.3) is 16.7 Å². The zero-order valence-electron chi connectivity index (χ0n) is 13.9. The molecule has 0 unspecified atom stereocenters. The number of fused-ring (bicyclic) bond motifs is 1. The highest BCUT2D eigenvalue weighted by Gasteiger charge is 2.26. The Bertz CT molecular complexity index is 880. The Morgan fingerprint density at radius 1 is 1.00 bits per heavy atom. The molecule has 0 bridgehead atoms. The second kappa shape index (κ2) is 6.69. The third-order valence-corrected chi connectivity index (χ3v) is 4.88. The molecule has 25 heavy (non-hydrogen) atoms. The zero-order valence-corrected chi connectivity index (χ0v) is 13.9. The van der Waals surface area contributed by atoms with Crippen molar-refractivity contribution in [1.82, 2.24) is 9.55 Å². The molecule has 5 heteroatoms. The van der Waals surface area contributed by atoms with Crippen molar-refractivity contribution in [3.8, 4) is 5.69 Å². The van der Waals surface area contributed by atoms with E-state index in [1.807, 2.05) is 59.2 Å². The fraction of sp³-hybridized carbons (Fsp3) is 0.300. The first-order valence-electron chi connectivity index (χ1n) is 8.74. The molecule has 128 valence electrons. The Balaban J connectivity index is 1.68. The first-order chi connectivity index (χ1) is 12.2. The Morgan fingerprint density at radius 2 is 1.68 bits per heavy atom. The summed E-state index contributed by atoms with van der Waals surface area (Å²) in [6.45, 7) is 0. The Labute approximate surface area is 146 Å². The quantitative estimate of drug-likeness (QED) is 0.769. The Hall–Kier alpha value is -2.66. The molecule has 0 atom stereocenters. The van der Waals surface area contributed by atoms with E-state index in [1.165, 1.54) is 0 Å². The molecule has 5 nitrogen and oxygen atoms in total. The molecule has 0 aliphatic heterocycles. The molecule has 2 N–H and O–H groups in total. The van der Waals surface area contributed by atoms with Crippen LogP contribution in [0.4, 0.5) is 5.95 Å². The number of aliphatic hydroxyl groups is 1. The lowest BCUT2D eigenvalue weighted by Crippen LogP contribution is -2.29. The van der Waals surface area contributed by atoms with Crippen LogP contribution in [0.2, 0.25) is 0 Å². The van der Waals surface area contributed by atoms with Crippen molar-refractivity contribution in [2.24, 2.45) is 5.92 Å². The van der Waals surface area contributed by atoms with Crippen LogP contribution < -0.4 is 5.32 Å². The maximum atomic E-state index is 12.7. The van der Waals surface area contributed by atoms with Gasteiger partial charge in [-0.15, -0.1) is 0 Å². The molecule has 1 saturated carbocycles. The molecule has 0 spiro atoms. The molecular weight excluding hydrogens is 314 g/mol. The van der Waals surface area contributed by atoms with Gasteiger partial charge in [-0.3, -0.25) is 14.7 Å². The third kappa shape index (κ3) is 3.15. The summed E-state index contributed by atoms with van der Waals surface area (Å²) in [7, 11) is 0. The molecular formula is C20H21N3O2. The maximum Gasteiger partial charge on any atom is 0.229 e. The summed E-state index contributed by atoms with van der Waals surface area (Å²) in [5.74, 6) is 0.468. The van der Waals surface area contributed by atoms with Crippen molar-refractivity contribution in [2.45, 2.75) is 31.8 Å². The monoisotopic (exact) mass is 335 g/mol. The number of carbonyl (C=O) groups is 1. The number of hydrogen-bond donors (Lipinski definition) is 2. The molecule has 1 amide bonds. The number of hydrogen-bond acceptors (Lipinski definition) is 3. The smallest absolute Gasteiger partial charge is 0.229 e. The first-order valence-corrected chi connectivity index (χ1v) is 8.74. The Morgan fingerprint density at radius 3 is 2.44 bits per heavy atom. The van der Waals surface area contributed by atoms with Crippen molar-refractivity contribution >= 4 is 22.9 Å². The standard InChI is InChI=1S/C20H21N3O2/c24-16-12-10-14(11-13-16)19(25)22-20-21-17-8-4-5-9-18(17)23(20)15-6-2-1-3-7-15/h1-9,14,16,24H,10-13H2,(H,21,22,25). The maximum absolute atomic E-state index is 12.7. The lowest BCUT2D eigenvalue weighted by atomic mass is 9.87. The molecule has 2 aromatic carbocycles. The number of aliphatic hydroxyl groups excluding tert-OH is 1. The van der Waals surface area contributed by atoms with E-state index in [9.17, 15) is 9.90 Å². The van der Waals surface area contributed by atoms with Crippen LogP contribution >= 0.6 is 0 Å². The summed E-state index contributed by atoms with van der Waals surface area (Å²) in [6, 6.07) is 17.8. The number of nitrogens with one attached hydrogen (secondary N) is 1. The van der Waals surface area contributed by atoms with Gasteiger partial charge in [-0.2, -0.15) is 0 Å². The van der Waals surface area contributed by atoms with Crippen LogP contribution in [0.15, 0.2) is 54.6 Å². The SMILES string of the molecule is O=C(Nc1nc2ccccc2n1-c1ccccc1)C1CCC(O)CC1. The van der Waals surface area contributed by atoms with Gasteiger partial charge >= 0.3 is 0 Å². The summed E-state index contributed by atoms with van der Waals surface area (Å²) >= 11 is 0. The van der Waals surface area contributed by atoms with Crippen LogP contribution in [0.5, 0.6) is 0 Å². The van der Waals surface area contributed by atoms with E-state index in [1.54, 1.807) is 0 Å². The van der Waals surface area contributed by atoms with Crippen molar-refractivity contribution < 1.29 is 9.90 Å². The summed E-state index contributed by atoms with van der Waals surface area (Å²) < 4.78 is 1.98. The number of para-hydroxylation sites is 3. The second-order valence-electron chi connectivity index (χ2n) is 6.59. The van der Waals surface area contributed by atoms with E-state index in [0.29, 0.717) is 18.8 Å². The summed E-state index contributed by atoms with van der Waals surface area (Å²) in [5, 5.41) is 12.7. The predicted molar refractivity (Wildman–Crippen MR) is 97.7 cm³/mol. The molecule has 1 aromatic heterocycles. The largest absolute Gasteiger partial charge is 0.393 e. The highest BCUT2D eigenvalue weighted by molar-refractivity contribution is 5.94. The van der Waals surface area contributed by atoms with Gasteiger partial charge in [-0.1, -0.05) is 30.3 Å². The molecule has 1 fully saturated rings. The molecule has 1 aliphatic carbocycles. The van der Waals surface area contributed by atoms with Gasteiger partial charge in [0.1, 0.15) is 0 Å². The number of aromatic nitrogens is 2. The number of amides is 1. The van der Waals surface area contributed by atoms with E-state index < -0.39 is 0 Å². The van der Waals surface area contributed by atoms with Crippen LogP contribution in [-0.4, -0.2) is 26.7 Å². The molecule has 0 radical (unpaired) electrons. The van der Waals surface area contributed by atoms with Gasteiger partial charge in [0, 0.05) is 11.6 Å². The van der Waals surface area contributed by atoms with Crippen molar-refractivity contribution in [3.05, 3.63) is 54.6 Å². The van der Waals surface area contributed by atoms with Gasteiger partial charge in [0.05, 0.1) is 17.1 Å². The third-order valence-electron chi connectivity index (χ3n) is 4.88. The van der Waals surface area contributed by atoms with Crippen molar-refractivity contribution in [2.75, 3.05) is 5.32 Å². The molecule has 1 aliphatic rings. The molecule has 3 aromatic rings. The van der Waals surface area contributed by atoms with E-state index in [2.05, 4.69) is 10.3 Å². The van der Waals surface area contributed by atoms with Crippen molar-refractivity contribution in [1.29, 1.82) is 0 Å². The minimum atomic E-state index is -0.266. The van der Waals surface area contributed by atoms with Crippen LogP contribution in [-0.2, 0) is 4.79 Å². The summed E-state index contributed by atoms with van der Waals surface area (Å²) in [5.41, 5.74) is 2.77. The fourth-order valence-corrected chi connectivity index (χ4v) is 3.50. The number of rotatable bonds is 3. The van der Waals surface area contributed by atoms with Gasteiger partial charge < -0.3 is 5.11 Å². The first kappa shape index (κ1) is 15.8. The molecule has 0 saturated heterocycles. The lowest BCUT2D eigenvalue weighted by molar-refractivity contribution is -0.121. The number of anilines is 1. The van der Waals surface area contributed by atoms with Gasteiger partial charge in [-0.25, -0.2) is 4.98 Å². The van der Waals surface area contributed by atoms with Gasteiger partial charge in [-0.05, 0) is 49.9 Å². The van der Waals surface area contributed by atoms with Crippen LogP contribution in [0.1, 0.15) is 25.7 Å². The van der Waals surface area contributed by atoms with Crippen LogP contribution in [0.3, 0.4) is 0 Å². The van der Waals surface area contributed by atoms with E-state index in [-0.39, 0.29) is 17.9 Å². The highest BCUT2D eigenvalue weighted by Crippen LogP contribution is 2.28.